The number of benzene rings is 1. The zero-order valence-corrected chi connectivity index (χ0v) is 11.9. The van der Waals surface area contributed by atoms with E-state index in [0.29, 0.717) is 13.0 Å². The highest BCUT2D eigenvalue weighted by Gasteiger charge is 2.39. The lowest BCUT2D eigenvalue weighted by Gasteiger charge is -2.18. The van der Waals surface area contributed by atoms with E-state index in [9.17, 15) is 9.59 Å². The number of ether oxygens (including phenoxy) is 2. The minimum absolute atomic E-state index is 0.124. The quantitative estimate of drug-likeness (QED) is 0.848. The molecule has 1 aliphatic rings. The minimum Gasteiger partial charge on any atom is -0.496 e. The Morgan fingerprint density at radius 3 is 2.80 bits per heavy atom. The molecular weight excluding hydrogens is 258 g/mol. The molecule has 0 radical (unpaired) electrons. The predicted molar refractivity (Wildman–Crippen MR) is 73.7 cm³/mol. The van der Waals surface area contributed by atoms with Crippen molar-refractivity contribution in [2.24, 2.45) is 0 Å². The first-order chi connectivity index (χ1) is 9.56. The van der Waals surface area contributed by atoms with E-state index < -0.39 is 6.04 Å². The predicted octanol–water partition coefficient (Wildman–Crippen LogP) is 1.54. The van der Waals surface area contributed by atoms with Crippen molar-refractivity contribution in [1.29, 1.82) is 0 Å². The first-order valence-corrected chi connectivity index (χ1v) is 6.67. The Morgan fingerprint density at radius 2 is 2.20 bits per heavy atom. The van der Waals surface area contributed by atoms with E-state index in [0.717, 1.165) is 16.9 Å². The van der Waals surface area contributed by atoms with Gasteiger partial charge in [0.05, 0.1) is 13.7 Å². The van der Waals surface area contributed by atoms with Crippen LogP contribution in [0.2, 0.25) is 0 Å². The maximum atomic E-state index is 11.9. The van der Waals surface area contributed by atoms with E-state index in [1.165, 1.54) is 0 Å². The minimum atomic E-state index is -0.602. The fourth-order valence-corrected chi connectivity index (χ4v) is 2.55. The summed E-state index contributed by atoms with van der Waals surface area (Å²) in [7, 11) is 1.62. The van der Waals surface area contributed by atoms with Gasteiger partial charge >= 0.3 is 5.97 Å². The van der Waals surface area contributed by atoms with Crippen LogP contribution in [0.4, 0.5) is 0 Å². The van der Waals surface area contributed by atoms with E-state index in [2.05, 4.69) is 5.32 Å². The third kappa shape index (κ3) is 2.76. The Morgan fingerprint density at radius 1 is 1.45 bits per heavy atom. The van der Waals surface area contributed by atoms with Crippen LogP contribution in [-0.2, 0) is 14.3 Å². The highest BCUT2D eigenvalue weighted by Crippen LogP contribution is 2.32. The molecule has 0 aromatic heterocycles. The van der Waals surface area contributed by atoms with Gasteiger partial charge in [-0.2, -0.15) is 0 Å². The second kappa shape index (κ2) is 5.94. The maximum absolute atomic E-state index is 11.9. The first-order valence-electron chi connectivity index (χ1n) is 6.67. The standard InChI is InChI=1S/C15H19NO4/c1-4-20-15(18)14-11(8-13(17)16-14)10-5-6-12(19-3)9(2)7-10/h5-7,11,14H,4,8H2,1-3H3,(H,16,17). The summed E-state index contributed by atoms with van der Waals surface area (Å²) in [6.45, 7) is 3.99. The van der Waals surface area contributed by atoms with E-state index in [1.807, 2.05) is 25.1 Å². The number of hydrogen-bond acceptors (Lipinski definition) is 4. The Balaban J connectivity index is 2.27. The van der Waals surface area contributed by atoms with Gasteiger partial charge in [-0.15, -0.1) is 0 Å². The molecule has 0 spiro atoms. The highest BCUT2D eigenvalue weighted by molar-refractivity contribution is 5.90. The van der Waals surface area contributed by atoms with Gasteiger partial charge in [-0.05, 0) is 31.0 Å². The fraction of sp³-hybridized carbons (Fsp3) is 0.467. The van der Waals surface area contributed by atoms with Gasteiger partial charge in [-0.1, -0.05) is 12.1 Å². The normalized spacial score (nSPS) is 21.4. The van der Waals surface area contributed by atoms with Crippen LogP contribution in [0.1, 0.15) is 30.4 Å². The Kier molecular flexibility index (Phi) is 4.27. The van der Waals surface area contributed by atoms with Crippen LogP contribution in [0.25, 0.3) is 0 Å². The van der Waals surface area contributed by atoms with Crippen LogP contribution in [-0.4, -0.2) is 31.6 Å². The van der Waals surface area contributed by atoms with Crippen molar-refractivity contribution in [2.75, 3.05) is 13.7 Å². The number of carbonyl (C=O) groups is 2. The molecule has 20 heavy (non-hydrogen) atoms. The van der Waals surface area contributed by atoms with Gasteiger partial charge in [0, 0.05) is 12.3 Å². The summed E-state index contributed by atoms with van der Waals surface area (Å²) < 4.78 is 10.2. The van der Waals surface area contributed by atoms with E-state index in [4.69, 9.17) is 9.47 Å². The molecule has 1 fully saturated rings. The van der Waals surface area contributed by atoms with Gasteiger partial charge in [0.2, 0.25) is 5.91 Å². The summed E-state index contributed by atoms with van der Waals surface area (Å²) in [5.41, 5.74) is 1.92. The van der Waals surface area contributed by atoms with Crippen LogP contribution in [0.5, 0.6) is 5.75 Å². The highest BCUT2D eigenvalue weighted by atomic mass is 16.5. The molecule has 0 aliphatic carbocycles. The molecule has 1 saturated heterocycles. The van der Waals surface area contributed by atoms with Crippen LogP contribution >= 0.6 is 0 Å². The largest absolute Gasteiger partial charge is 0.496 e. The summed E-state index contributed by atoms with van der Waals surface area (Å²) in [5, 5.41) is 2.69. The van der Waals surface area contributed by atoms with E-state index in [1.54, 1.807) is 14.0 Å². The van der Waals surface area contributed by atoms with Crippen molar-refractivity contribution in [1.82, 2.24) is 5.32 Å². The number of carbonyl (C=O) groups excluding carboxylic acids is 2. The van der Waals surface area contributed by atoms with Crippen molar-refractivity contribution < 1.29 is 19.1 Å². The molecule has 2 unspecified atom stereocenters. The lowest BCUT2D eigenvalue weighted by Crippen LogP contribution is -2.37. The van der Waals surface area contributed by atoms with Gasteiger partial charge < -0.3 is 14.8 Å². The molecule has 1 heterocycles. The third-order valence-electron chi connectivity index (χ3n) is 3.51. The summed E-state index contributed by atoms with van der Waals surface area (Å²) in [4.78, 5) is 23.5. The molecule has 1 N–H and O–H groups in total. The van der Waals surface area contributed by atoms with Crippen molar-refractivity contribution in [3.8, 4) is 5.75 Å². The number of esters is 1. The number of rotatable bonds is 4. The number of methoxy groups -OCH3 is 1. The average Bonchev–Trinajstić information content (AvgIpc) is 2.81. The van der Waals surface area contributed by atoms with Crippen LogP contribution in [0.15, 0.2) is 18.2 Å². The number of amides is 1. The molecule has 0 saturated carbocycles. The zero-order valence-electron chi connectivity index (χ0n) is 11.9. The molecule has 1 amide bonds. The summed E-state index contributed by atoms with van der Waals surface area (Å²) in [6.07, 6.45) is 0.301. The van der Waals surface area contributed by atoms with Gasteiger partial charge in [-0.25, -0.2) is 4.79 Å². The van der Waals surface area contributed by atoms with Crippen molar-refractivity contribution in [3.63, 3.8) is 0 Å². The topological polar surface area (TPSA) is 64.6 Å². The molecule has 1 aromatic carbocycles. The summed E-state index contributed by atoms with van der Waals surface area (Å²) >= 11 is 0. The third-order valence-corrected chi connectivity index (χ3v) is 3.51. The van der Waals surface area contributed by atoms with Gasteiger partial charge in [0.15, 0.2) is 0 Å². The zero-order chi connectivity index (χ0) is 14.7. The molecule has 5 heteroatoms. The van der Waals surface area contributed by atoms with Crippen molar-refractivity contribution in [2.45, 2.75) is 32.2 Å². The second-order valence-corrected chi connectivity index (χ2v) is 4.84. The molecule has 1 aromatic rings. The summed E-state index contributed by atoms with van der Waals surface area (Å²) in [6, 6.07) is 5.10. The molecule has 5 nitrogen and oxygen atoms in total. The van der Waals surface area contributed by atoms with Crippen molar-refractivity contribution in [3.05, 3.63) is 29.3 Å². The van der Waals surface area contributed by atoms with Crippen molar-refractivity contribution >= 4 is 11.9 Å². The lowest BCUT2D eigenvalue weighted by molar-refractivity contribution is -0.146. The molecule has 1 aliphatic heterocycles. The first kappa shape index (κ1) is 14.4. The monoisotopic (exact) mass is 277 g/mol. The lowest BCUT2D eigenvalue weighted by atomic mass is 9.90. The molecular formula is C15H19NO4. The molecule has 0 bridgehead atoms. The molecule has 2 rings (SSSR count). The Bertz CT molecular complexity index is 527. The van der Waals surface area contributed by atoms with Gasteiger partial charge in [-0.3, -0.25) is 4.79 Å². The molecule has 108 valence electrons. The van der Waals surface area contributed by atoms with Gasteiger partial charge in [0.1, 0.15) is 11.8 Å². The fourth-order valence-electron chi connectivity index (χ4n) is 2.55. The Hall–Kier alpha value is -2.04. The van der Waals surface area contributed by atoms with Crippen LogP contribution in [0, 0.1) is 6.92 Å². The van der Waals surface area contributed by atoms with Gasteiger partial charge in [0.25, 0.3) is 0 Å². The SMILES string of the molecule is CCOC(=O)C1NC(=O)CC1c1ccc(OC)c(C)c1. The maximum Gasteiger partial charge on any atom is 0.329 e. The van der Waals surface area contributed by atoms with E-state index in [-0.39, 0.29) is 17.8 Å². The Labute approximate surface area is 118 Å². The molecule has 2 atom stereocenters. The van der Waals surface area contributed by atoms with Crippen LogP contribution < -0.4 is 10.1 Å². The van der Waals surface area contributed by atoms with E-state index >= 15 is 0 Å². The summed E-state index contributed by atoms with van der Waals surface area (Å²) in [5.74, 6) is 0.100. The van der Waals surface area contributed by atoms with Crippen LogP contribution in [0.3, 0.4) is 0 Å². The average molecular weight is 277 g/mol. The smallest absolute Gasteiger partial charge is 0.329 e. The second-order valence-electron chi connectivity index (χ2n) is 4.84. The number of hydrogen-bond donors (Lipinski definition) is 1. The number of aryl methyl sites for hydroxylation is 1. The number of nitrogens with one attached hydrogen (secondary N) is 1.